The molecule has 0 fully saturated rings. The van der Waals surface area contributed by atoms with Crippen LogP contribution in [0.1, 0.15) is 13.8 Å². The molecular weight excluding hydrogens is 268 g/mol. The summed E-state index contributed by atoms with van der Waals surface area (Å²) < 4.78 is 0. The number of nitrogens with one attached hydrogen (secondary N) is 1. The van der Waals surface area contributed by atoms with E-state index in [4.69, 9.17) is 16.7 Å². The van der Waals surface area contributed by atoms with Gasteiger partial charge in [0.05, 0.1) is 0 Å². The summed E-state index contributed by atoms with van der Waals surface area (Å²) in [7, 11) is 0. The van der Waals surface area contributed by atoms with Crippen molar-refractivity contribution in [3.8, 4) is 0 Å². The average Bonchev–Trinajstić information content (AvgIpc) is 2.35. The second kappa shape index (κ2) is 6.99. The van der Waals surface area contributed by atoms with Gasteiger partial charge in [0, 0.05) is 17.3 Å². The predicted molar refractivity (Wildman–Crippen MR) is 74.6 cm³/mol. The van der Waals surface area contributed by atoms with E-state index in [1.54, 1.807) is 31.2 Å². The van der Waals surface area contributed by atoms with Gasteiger partial charge in [0.25, 0.3) is 0 Å². The molecule has 1 rings (SSSR count). The zero-order valence-electron chi connectivity index (χ0n) is 10.9. The van der Waals surface area contributed by atoms with Crippen molar-refractivity contribution in [2.45, 2.75) is 19.9 Å². The van der Waals surface area contributed by atoms with Crippen LogP contribution >= 0.6 is 11.6 Å². The summed E-state index contributed by atoms with van der Waals surface area (Å²) in [5.41, 5.74) is 0.605. The lowest BCUT2D eigenvalue weighted by Crippen LogP contribution is -2.47. The molecule has 19 heavy (non-hydrogen) atoms. The van der Waals surface area contributed by atoms with Gasteiger partial charge in [0.2, 0.25) is 5.91 Å². The number of hydrogen-bond acceptors (Lipinski definition) is 3. The lowest BCUT2D eigenvalue weighted by Gasteiger charge is -2.28. The number of aliphatic carboxylic acids is 1. The largest absolute Gasteiger partial charge is 0.480 e. The number of halogens is 1. The minimum atomic E-state index is -1.00. The number of carboxylic acid groups (broad SMARTS) is 1. The molecule has 0 bridgehead atoms. The van der Waals surface area contributed by atoms with E-state index in [9.17, 15) is 9.59 Å². The van der Waals surface area contributed by atoms with Gasteiger partial charge in [-0.1, -0.05) is 17.7 Å². The van der Waals surface area contributed by atoms with Gasteiger partial charge in [0.1, 0.15) is 12.6 Å². The molecule has 1 aromatic rings. The van der Waals surface area contributed by atoms with Gasteiger partial charge < -0.3 is 15.3 Å². The highest BCUT2D eigenvalue weighted by molar-refractivity contribution is 6.30. The van der Waals surface area contributed by atoms with Gasteiger partial charge in [-0.15, -0.1) is 0 Å². The summed E-state index contributed by atoms with van der Waals surface area (Å²) in [5.74, 6) is -1.22. The molecular formula is C13H17ClN2O3. The Kier molecular flexibility index (Phi) is 5.63. The molecule has 1 atom stereocenters. The number of carboxylic acids is 1. The Hall–Kier alpha value is -1.75. The lowest BCUT2D eigenvalue weighted by molar-refractivity contribution is -0.135. The summed E-state index contributed by atoms with van der Waals surface area (Å²) >= 11 is 5.90. The smallest absolute Gasteiger partial charge is 0.323 e. The Bertz CT molecular complexity index is 465. The second-order valence-corrected chi connectivity index (χ2v) is 4.51. The highest BCUT2D eigenvalue weighted by Gasteiger charge is 2.23. The molecule has 0 aliphatic heterocycles. The van der Waals surface area contributed by atoms with Crippen LogP contribution in [0.5, 0.6) is 0 Å². The molecule has 0 aliphatic carbocycles. The lowest BCUT2D eigenvalue weighted by atomic mass is 10.2. The maximum atomic E-state index is 11.8. The number of anilines is 1. The molecule has 104 valence electrons. The molecule has 0 spiro atoms. The third kappa shape index (κ3) is 4.44. The van der Waals surface area contributed by atoms with E-state index >= 15 is 0 Å². The van der Waals surface area contributed by atoms with Gasteiger partial charge in [0.15, 0.2) is 0 Å². The van der Waals surface area contributed by atoms with Crippen LogP contribution in [0.15, 0.2) is 24.3 Å². The summed E-state index contributed by atoms with van der Waals surface area (Å²) in [6.45, 7) is 3.71. The third-order valence-corrected chi connectivity index (χ3v) is 2.88. The summed E-state index contributed by atoms with van der Waals surface area (Å²) in [6, 6.07) is 6.19. The molecule has 0 radical (unpaired) electrons. The number of likely N-dealkylation sites (N-methyl/N-ethyl adjacent to an activating group) is 1. The van der Waals surface area contributed by atoms with Crippen molar-refractivity contribution in [3.63, 3.8) is 0 Å². The fraction of sp³-hybridized carbons (Fsp3) is 0.385. The highest BCUT2D eigenvalue weighted by Crippen LogP contribution is 2.21. The molecule has 0 saturated carbocycles. The van der Waals surface area contributed by atoms with Crippen molar-refractivity contribution < 1.29 is 14.7 Å². The first-order valence-electron chi connectivity index (χ1n) is 5.97. The Balaban J connectivity index is 3.00. The molecule has 5 nitrogen and oxygen atoms in total. The monoisotopic (exact) mass is 284 g/mol. The van der Waals surface area contributed by atoms with Crippen molar-refractivity contribution in [2.24, 2.45) is 0 Å². The van der Waals surface area contributed by atoms with E-state index in [0.29, 0.717) is 17.3 Å². The predicted octanol–water partition coefficient (Wildman–Crippen LogP) is 1.76. The molecule has 2 N–H and O–H groups in total. The van der Waals surface area contributed by atoms with Gasteiger partial charge in [-0.2, -0.15) is 0 Å². The summed E-state index contributed by atoms with van der Waals surface area (Å²) in [6.07, 6.45) is 0. The van der Waals surface area contributed by atoms with Crippen LogP contribution in [0.4, 0.5) is 5.69 Å². The number of benzene rings is 1. The van der Waals surface area contributed by atoms with Crippen LogP contribution in [0.2, 0.25) is 5.02 Å². The van der Waals surface area contributed by atoms with Crippen molar-refractivity contribution in [2.75, 3.05) is 18.0 Å². The van der Waals surface area contributed by atoms with Gasteiger partial charge >= 0.3 is 5.97 Å². The van der Waals surface area contributed by atoms with Crippen LogP contribution in [0.3, 0.4) is 0 Å². The van der Waals surface area contributed by atoms with E-state index in [2.05, 4.69) is 5.32 Å². The van der Waals surface area contributed by atoms with Crippen LogP contribution < -0.4 is 10.2 Å². The van der Waals surface area contributed by atoms with E-state index in [1.807, 2.05) is 6.92 Å². The fourth-order valence-electron chi connectivity index (χ4n) is 1.72. The molecule has 1 amide bonds. The standard InChI is InChI=1S/C13H17ClN2O3/c1-3-15-13(19)9(2)16(8-12(17)18)11-6-4-5-10(14)7-11/h4-7,9H,3,8H2,1-2H3,(H,15,19)(H,17,18). The quantitative estimate of drug-likeness (QED) is 0.835. The van der Waals surface area contributed by atoms with Crippen molar-refractivity contribution in [1.29, 1.82) is 0 Å². The third-order valence-electron chi connectivity index (χ3n) is 2.64. The average molecular weight is 285 g/mol. The number of nitrogens with zero attached hydrogens (tertiary/aromatic N) is 1. The molecule has 1 unspecified atom stereocenters. The molecule has 1 aromatic carbocycles. The zero-order valence-corrected chi connectivity index (χ0v) is 11.6. The Morgan fingerprint density at radius 2 is 2.16 bits per heavy atom. The first-order chi connectivity index (χ1) is 8.95. The molecule has 6 heteroatoms. The zero-order chi connectivity index (χ0) is 14.4. The molecule has 0 aromatic heterocycles. The first-order valence-corrected chi connectivity index (χ1v) is 6.35. The second-order valence-electron chi connectivity index (χ2n) is 4.07. The number of amides is 1. The Morgan fingerprint density at radius 3 is 2.68 bits per heavy atom. The molecule has 0 heterocycles. The van der Waals surface area contributed by atoms with E-state index in [1.165, 1.54) is 4.90 Å². The SMILES string of the molecule is CCNC(=O)C(C)N(CC(=O)O)c1cccc(Cl)c1. The van der Waals surface area contributed by atoms with Gasteiger partial charge in [-0.3, -0.25) is 9.59 Å². The number of rotatable bonds is 6. The van der Waals surface area contributed by atoms with Crippen molar-refractivity contribution in [1.82, 2.24) is 5.32 Å². The van der Waals surface area contributed by atoms with Gasteiger partial charge in [-0.25, -0.2) is 0 Å². The van der Waals surface area contributed by atoms with Crippen LogP contribution in [-0.2, 0) is 9.59 Å². The minimum Gasteiger partial charge on any atom is -0.480 e. The summed E-state index contributed by atoms with van der Waals surface area (Å²) in [5, 5.41) is 12.1. The number of carbonyl (C=O) groups is 2. The fourth-order valence-corrected chi connectivity index (χ4v) is 1.90. The Labute approximate surface area is 117 Å². The van der Waals surface area contributed by atoms with E-state index in [-0.39, 0.29) is 12.5 Å². The molecule has 0 aliphatic rings. The van der Waals surface area contributed by atoms with E-state index in [0.717, 1.165) is 0 Å². The van der Waals surface area contributed by atoms with Crippen molar-refractivity contribution in [3.05, 3.63) is 29.3 Å². The van der Waals surface area contributed by atoms with Crippen LogP contribution in [0, 0.1) is 0 Å². The normalized spacial score (nSPS) is 11.7. The molecule has 0 saturated heterocycles. The van der Waals surface area contributed by atoms with Gasteiger partial charge in [-0.05, 0) is 32.0 Å². The number of hydrogen-bond donors (Lipinski definition) is 2. The first kappa shape index (κ1) is 15.3. The van der Waals surface area contributed by atoms with Crippen LogP contribution in [0.25, 0.3) is 0 Å². The van der Waals surface area contributed by atoms with Crippen molar-refractivity contribution >= 4 is 29.2 Å². The van der Waals surface area contributed by atoms with Crippen LogP contribution in [-0.4, -0.2) is 36.1 Å². The number of carbonyl (C=O) groups excluding carboxylic acids is 1. The maximum Gasteiger partial charge on any atom is 0.323 e. The Morgan fingerprint density at radius 1 is 1.47 bits per heavy atom. The highest BCUT2D eigenvalue weighted by atomic mass is 35.5. The topological polar surface area (TPSA) is 69.6 Å². The maximum absolute atomic E-state index is 11.8. The minimum absolute atomic E-state index is 0.219. The van der Waals surface area contributed by atoms with E-state index < -0.39 is 12.0 Å². The summed E-state index contributed by atoms with van der Waals surface area (Å²) in [4.78, 5) is 24.3.